The van der Waals surface area contributed by atoms with Gasteiger partial charge < -0.3 is 9.47 Å². The third-order valence-corrected chi connectivity index (χ3v) is 5.58. The number of hydrogen-bond acceptors (Lipinski definition) is 4. The molecule has 2 atom stereocenters. The van der Waals surface area contributed by atoms with Gasteiger partial charge in [-0.3, -0.25) is 0 Å². The second kappa shape index (κ2) is 8.10. The maximum Gasteiger partial charge on any atom is 0.330 e. The largest absolute Gasteiger partial charge is 0.489 e. The lowest BCUT2D eigenvalue weighted by molar-refractivity contribution is -0.134. The van der Waals surface area contributed by atoms with Crippen LogP contribution in [-0.2, 0) is 9.53 Å². The minimum absolute atomic E-state index is 0.0841. The van der Waals surface area contributed by atoms with E-state index in [0.29, 0.717) is 5.02 Å². The van der Waals surface area contributed by atoms with Crippen molar-refractivity contribution < 1.29 is 23.0 Å². The van der Waals surface area contributed by atoms with Gasteiger partial charge in [-0.2, -0.15) is 0 Å². The third-order valence-electron chi connectivity index (χ3n) is 3.95. The van der Waals surface area contributed by atoms with Gasteiger partial charge in [0.15, 0.2) is 11.6 Å². The molecule has 0 saturated carbocycles. The molecule has 0 N–H and O–H groups in total. The van der Waals surface area contributed by atoms with Crippen LogP contribution in [0.3, 0.4) is 0 Å². The van der Waals surface area contributed by atoms with Gasteiger partial charge >= 0.3 is 5.97 Å². The van der Waals surface area contributed by atoms with Gasteiger partial charge in [0.1, 0.15) is 5.82 Å². The molecule has 0 aliphatic carbocycles. The average molecular weight is 397 g/mol. The highest BCUT2D eigenvalue weighted by Gasteiger charge is 2.35. The highest BCUT2D eigenvalue weighted by Crippen LogP contribution is 2.49. The molecule has 7 heteroatoms. The summed E-state index contributed by atoms with van der Waals surface area (Å²) in [5.41, 5.74) is 0.149. The maximum atomic E-state index is 14.5. The van der Waals surface area contributed by atoms with Crippen molar-refractivity contribution in [1.82, 2.24) is 0 Å². The number of halogens is 3. The van der Waals surface area contributed by atoms with Gasteiger partial charge in [0, 0.05) is 27.5 Å². The molecule has 0 aromatic heterocycles. The number of benzene rings is 2. The van der Waals surface area contributed by atoms with Crippen LogP contribution in [0.2, 0.25) is 5.02 Å². The number of carbonyl (C=O) groups is 1. The summed E-state index contributed by atoms with van der Waals surface area (Å²) in [6.07, 6.45) is 2.87. The molecular formula is C19H15ClF2O3S. The number of ether oxygens (including phenoxy) is 2. The number of rotatable bonds is 4. The van der Waals surface area contributed by atoms with Crippen LogP contribution >= 0.6 is 23.4 Å². The van der Waals surface area contributed by atoms with E-state index in [4.69, 9.17) is 16.3 Å². The Morgan fingerprint density at radius 1 is 1.23 bits per heavy atom. The summed E-state index contributed by atoms with van der Waals surface area (Å²) in [7, 11) is 1.27. The number of thioether (sulfide) groups is 1. The fourth-order valence-corrected chi connectivity index (χ4v) is 4.07. The van der Waals surface area contributed by atoms with Crippen molar-refractivity contribution in [3.8, 4) is 5.75 Å². The quantitative estimate of drug-likeness (QED) is 0.526. The van der Waals surface area contributed by atoms with Crippen LogP contribution in [0.4, 0.5) is 8.78 Å². The molecule has 0 amide bonds. The van der Waals surface area contributed by atoms with Crippen molar-refractivity contribution in [3.63, 3.8) is 0 Å². The Bertz CT molecular complexity index is 839. The molecule has 0 radical (unpaired) electrons. The van der Waals surface area contributed by atoms with Crippen molar-refractivity contribution in [2.45, 2.75) is 10.1 Å². The fraction of sp³-hybridized carbons (Fsp3) is 0.211. The Morgan fingerprint density at radius 3 is 2.62 bits per heavy atom. The number of esters is 1. The number of methoxy groups -OCH3 is 1. The van der Waals surface area contributed by atoms with Crippen LogP contribution in [0, 0.1) is 17.6 Å². The van der Waals surface area contributed by atoms with Crippen molar-refractivity contribution in [2.24, 2.45) is 5.92 Å². The predicted octanol–water partition coefficient (Wildman–Crippen LogP) is 5.19. The summed E-state index contributed by atoms with van der Waals surface area (Å²) in [4.78, 5) is 12.3. The van der Waals surface area contributed by atoms with Crippen molar-refractivity contribution in [2.75, 3.05) is 13.7 Å². The normalized spacial score (nSPS) is 19.1. The third kappa shape index (κ3) is 4.02. The Kier molecular flexibility index (Phi) is 5.84. The van der Waals surface area contributed by atoms with Crippen molar-refractivity contribution in [1.29, 1.82) is 0 Å². The van der Waals surface area contributed by atoms with Crippen LogP contribution < -0.4 is 4.74 Å². The molecule has 0 unspecified atom stereocenters. The minimum Gasteiger partial charge on any atom is -0.489 e. The molecule has 1 aliphatic heterocycles. The van der Waals surface area contributed by atoms with Gasteiger partial charge in [-0.25, -0.2) is 13.6 Å². The maximum absolute atomic E-state index is 14.5. The molecule has 0 saturated heterocycles. The van der Waals surface area contributed by atoms with Crippen LogP contribution in [0.1, 0.15) is 10.8 Å². The van der Waals surface area contributed by atoms with E-state index in [0.717, 1.165) is 17.0 Å². The van der Waals surface area contributed by atoms with Crippen LogP contribution in [0.15, 0.2) is 53.4 Å². The summed E-state index contributed by atoms with van der Waals surface area (Å²) < 4.78 is 38.7. The summed E-state index contributed by atoms with van der Waals surface area (Å²) in [6, 6.07) is 9.19. The molecule has 2 aromatic rings. The molecule has 2 aromatic carbocycles. The summed E-state index contributed by atoms with van der Waals surface area (Å²) in [5, 5.41) is 0.109. The number of fused-ring (bicyclic) bond motifs is 1. The van der Waals surface area contributed by atoms with Gasteiger partial charge in [0.2, 0.25) is 0 Å². The molecule has 0 bridgehead atoms. The first-order valence-electron chi connectivity index (χ1n) is 7.78. The van der Waals surface area contributed by atoms with E-state index < -0.39 is 22.9 Å². The molecule has 3 nitrogen and oxygen atoms in total. The Hall–Kier alpha value is -2.05. The Labute approximate surface area is 158 Å². The van der Waals surface area contributed by atoms with E-state index in [-0.39, 0.29) is 23.8 Å². The zero-order chi connectivity index (χ0) is 18.7. The minimum atomic E-state index is -0.612. The first-order chi connectivity index (χ1) is 12.5. The van der Waals surface area contributed by atoms with E-state index in [1.807, 2.05) is 0 Å². The summed E-state index contributed by atoms with van der Waals surface area (Å²) >= 11 is 7.27. The molecule has 3 rings (SSSR count). The predicted molar refractivity (Wildman–Crippen MR) is 96.5 cm³/mol. The standard InChI is InChI=1S/C19H15ClF2O3S/c1-24-16(23)9-2-11-10-25-18-15(22)8-7-14(21)17(18)19(11)26-13-5-3-12(20)4-6-13/h2-9,11,19H,10H2,1H3/t11-,19+/m1/s1. The fourth-order valence-electron chi connectivity index (χ4n) is 2.67. The lowest BCUT2D eigenvalue weighted by atomic mass is 9.95. The van der Waals surface area contributed by atoms with E-state index in [1.54, 1.807) is 30.3 Å². The molecule has 0 fully saturated rings. The van der Waals surface area contributed by atoms with Crippen LogP contribution in [-0.4, -0.2) is 19.7 Å². The molecular weight excluding hydrogens is 382 g/mol. The van der Waals surface area contributed by atoms with Gasteiger partial charge in [-0.05, 0) is 36.4 Å². The zero-order valence-electron chi connectivity index (χ0n) is 13.7. The highest BCUT2D eigenvalue weighted by atomic mass is 35.5. The smallest absolute Gasteiger partial charge is 0.330 e. The van der Waals surface area contributed by atoms with E-state index in [9.17, 15) is 13.6 Å². The highest BCUT2D eigenvalue weighted by molar-refractivity contribution is 7.99. The first-order valence-corrected chi connectivity index (χ1v) is 9.04. The second-order valence-electron chi connectivity index (χ2n) is 5.62. The Balaban J connectivity index is 2.00. The molecule has 1 aliphatic rings. The van der Waals surface area contributed by atoms with Gasteiger partial charge in [-0.1, -0.05) is 17.7 Å². The first kappa shape index (κ1) is 18.7. The SMILES string of the molecule is COC(=O)C=C[C@@H]1COc2c(F)ccc(F)c2[C@H]1Sc1ccc(Cl)cc1. The summed E-state index contributed by atoms with van der Waals surface area (Å²) in [5.74, 6) is -2.12. The molecule has 26 heavy (non-hydrogen) atoms. The van der Waals surface area contributed by atoms with Crippen LogP contribution in [0.25, 0.3) is 0 Å². The number of hydrogen-bond donors (Lipinski definition) is 0. The van der Waals surface area contributed by atoms with Crippen molar-refractivity contribution in [3.05, 3.63) is 70.8 Å². The molecule has 1 heterocycles. The van der Waals surface area contributed by atoms with Crippen LogP contribution in [0.5, 0.6) is 5.75 Å². The topological polar surface area (TPSA) is 35.5 Å². The van der Waals surface area contributed by atoms with E-state index >= 15 is 0 Å². The zero-order valence-corrected chi connectivity index (χ0v) is 15.3. The van der Waals surface area contributed by atoms with E-state index in [2.05, 4.69) is 4.74 Å². The Morgan fingerprint density at radius 2 is 1.92 bits per heavy atom. The monoisotopic (exact) mass is 396 g/mol. The van der Waals surface area contributed by atoms with Gasteiger partial charge in [0.25, 0.3) is 0 Å². The summed E-state index contributed by atoms with van der Waals surface area (Å²) in [6.45, 7) is 0.117. The molecule has 0 spiro atoms. The van der Waals surface area contributed by atoms with Gasteiger partial charge in [-0.15, -0.1) is 11.8 Å². The second-order valence-corrected chi connectivity index (χ2v) is 7.27. The van der Waals surface area contributed by atoms with Gasteiger partial charge in [0.05, 0.1) is 19.0 Å². The lowest BCUT2D eigenvalue weighted by Crippen LogP contribution is -2.25. The lowest BCUT2D eigenvalue weighted by Gasteiger charge is -2.32. The number of carbonyl (C=O) groups excluding carboxylic acids is 1. The molecule has 136 valence electrons. The van der Waals surface area contributed by atoms with Crippen molar-refractivity contribution >= 4 is 29.3 Å². The average Bonchev–Trinajstić information content (AvgIpc) is 2.65. The van der Waals surface area contributed by atoms with E-state index in [1.165, 1.54) is 24.9 Å².